The highest BCUT2D eigenvalue weighted by atomic mass is 14.2. The molecule has 0 bridgehead atoms. The first kappa shape index (κ1) is 9.57. The highest BCUT2D eigenvalue weighted by Crippen LogP contribution is 2.33. The van der Waals surface area contributed by atoms with E-state index < -0.39 is 0 Å². The van der Waals surface area contributed by atoms with Crippen molar-refractivity contribution in [3.05, 3.63) is 22.3 Å². The fraction of sp³-hybridized carbons (Fsp3) is 0.667. The Morgan fingerprint density at radius 3 is 1.42 bits per heavy atom. The van der Waals surface area contributed by atoms with Crippen LogP contribution in [0.15, 0.2) is 22.3 Å². The van der Waals surface area contributed by atoms with Gasteiger partial charge in [-0.1, -0.05) is 25.0 Å². The average molecular weight is 164 g/mol. The third-order valence-corrected chi connectivity index (χ3v) is 2.98. The van der Waals surface area contributed by atoms with E-state index in [-0.39, 0.29) is 0 Å². The van der Waals surface area contributed by atoms with E-state index in [2.05, 4.69) is 27.7 Å². The van der Waals surface area contributed by atoms with Gasteiger partial charge in [0.05, 0.1) is 0 Å². The van der Waals surface area contributed by atoms with E-state index in [1.54, 1.807) is 22.3 Å². The second-order valence-electron chi connectivity index (χ2n) is 3.72. The van der Waals surface area contributed by atoms with Gasteiger partial charge in [0.25, 0.3) is 0 Å². The average Bonchev–Trinajstić information content (AvgIpc) is 2.08. The number of hydrogen-bond acceptors (Lipinski definition) is 0. The third kappa shape index (κ3) is 1.63. The summed E-state index contributed by atoms with van der Waals surface area (Å²) in [6, 6.07) is 0. The van der Waals surface area contributed by atoms with Crippen LogP contribution in [-0.4, -0.2) is 0 Å². The van der Waals surface area contributed by atoms with Crippen LogP contribution in [0.2, 0.25) is 0 Å². The van der Waals surface area contributed by atoms with Crippen molar-refractivity contribution in [2.24, 2.45) is 0 Å². The summed E-state index contributed by atoms with van der Waals surface area (Å²) >= 11 is 0. The van der Waals surface area contributed by atoms with Gasteiger partial charge in [0.2, 0.25) is 0 Å². The standard InChI is InChI=1S/C12H20/c1-5-11-9(3)7-8-10(4)12(11)6-2/h5-8H2,1-4H3. The fourth-order valence-electron chi connectivity index (χ4n) is 2.22. The third-order valence-electron chi connectivity index (χ3n) is 2.98. The van der Waals surface area contributed by atoms with Gasteiger partial charge in [0, 0.05) is 0 Å². The molecule has 0 nitrogen and oxygen atoms in total. The van der Waals surface area contributed by atoms with E-state index >= 15 is 0 Å². The Morgan fingerprint density at radius 2 is 1.17 bits per heavy atom. The number of hydrogen-bond donors (Lipinski definition) is 0. The van der Waals surface area contributed by atoms with Crippen LogP contribution in [0.3, 0.4) is 0 Å². The maximum absolute atomic E-state index is 2.29. The van der Waals surface area contributed by atoms with Crippen LogP contribution in [0.25, 0.3) is 0 Å². The van der Waals surface area contributed by atoms with Gasteiger partial charge in [-0.2, -0.15) is 0 Å². The predicted molar refractivity (Wildman–Crippen MR) is 55.2 cm³/mol. The lowest BCUT2D eigenvalue weighted by molar-refractivity contribution is 0.819. The van der Waals surface area contributed by atoms with E-state index in [0.29, 0.717) is 0 Å². The summed E-state index contributed by atoms with van der Waals surface area (Å²) < 4.78 is 0. The molecule has 0 heteroatoms. The van der Waals surface area contributed by atoms with E-state index in [1.165, 1.54) is 25.7 Å². The van der Waals surface area contributed by atoms with Crippen molar-refractivity contribution in [1.82, 2.24) is 0 Å². The van der Waals surface area contributed by atoms with Gasteiger partial charge in [-0.3, -0.25) is 0 Å². The SMILES string of the molecule is CCC1=C(C)CCC(C)=C1CC. The van der Waals surface area contributed by atoms with Gasteiger partial charge in [-0.05, 0) is 50.7 Å². The minimum atomic E-state index is 1.21. The van der Waals surface area contributed by atoms with Crippen LogP contribution in [0.5, 0.6) is 0 Å². The molecule has 0 radical (unpaired) electrons. The Balaban J connectivity index is 3.02. The lowest BCUT2D eigenvalue weighted by atomic mass is 9.84. The molecule has 0 spiro atoms. The molecule has 0 atom stereocenters. The van der Waals surface area contributed by atoms with Gasteiger partial charge < -0.3 is 0 Å². The van der Waals surface area contributed by atoms with Gasteiger partial charge in [0.1, 0.15) is 0 Å². The molecule has 0 heterocycles. The summed E-state index contributed by atoms with van der Waals surface area (Å²) in [7, 11) is 0. The molecule has 1 aliphatic rings. The van der Waals surface area contributed by atoms with Crippen molar-refractivity contribution in [3.63, 3.8) is 0 Å². The zero-order valence-corrected chi connectivity index (χ0v) is 8.83. The molecule has 1 rings (SSSR count). The Labute approximate surface area is 76.4 Å². The molecular formula is C12H20. The second-order valence-corrected chi connectivity index (χ2v) is 3.72. The first-order valence-corrected chi connectivity index (χ1v) is 5.08. The van der Waals surface area contributed by atoms with Crippen LogP contribution < -0.4 is 0 Å². The van der Waals surface area contributed by atoms with Crippen LogP contribution >= 0.6 is 0 Å². The molecule has 0 fully saturated rings. The first-order chi connectivity index (χ1) is 5.70. The fourth-order valence-corrected chi connectivity index (χ4v) is 2.22. The van der Waals surface area contributed by atoms with Crippen molar-refractivity contribution in [2.45, 2.75) is 53.4 Å². The van der Waals surface area contributed by atoms with E-state index in [1.807, 2.05) is 0 Å². The Bertz CT molecular complexity index is 202. The maximum atomic E-state index is 2.29. The van der Waals surface area contributed by atoms with Crippen LogP contribution in [-0.2, 0) is 0 Å². The van der Waals surface area contributed by atoms with Crippen LogP contribution in [0, 0.1) is 0 Å². The molecule has 0 saturated heterocycles. The minimum Gasteiger partial charge on any atom is -0.0695 e. The molecule has 0 amide bonds. The Kier molecular flexibility index (Phi) is 3.13. The molecule has 0 saturated carbocycles. The summed E-state index contributed by atoms with van der Waals surface area (Å²) in [6.07, 6.45) is 5.01. The van der Waals surface area contributed by atoms with Crippen molar-refractivity contribution >= 4 is 0 Å². The molecule has 0 aromatic carbocycles. The van der Waals surface area contributed by atoms with Crippen molar-refractivity contribution < 1.29 is 0 Å². The van der Waals surface area contributed by atoms with Crippen molar-refractivity contribution in [1.29, 1.82) is 0 Å². The summed E-state index contributed by atoms with van der Waals surface area (Å²) in [5, 5.41) is 0. The molecule has 0 unspecified atom stereocenters. The highest BCUT2D eigenvalue weighted by molar-refractivity contribution is 5.40. The lowest BCUT2D eigenvalue weighted by Crippen LogP contribution is -2.02. The number of rotatable bonds is 2. The first-order valence-electron chi connectivity index (χ1n) is 5.08. The molecule has 0 N–H and O–H groups in total. The Hall–Kier alpha value is -0.520. The second kappa shape index (κ2) is 3.93. The Morgan fingerprint density at radius 1 is 0.833 bits per heavy atom. The van der Waals surface area contributed by atoms with Crippen LogP contribution in [0.1, 0.15) is 53.4 Å². The van der Waals surface area contributed by atoms with E-state index in [0.717, 1.165) is 0 Å². The molecule has 0 aliphatic heterocycles. The normalized spacial score (nSPS) is 19.0. The van der Waals surface area contributed by atoms with Crippen LogP contribution in [0.4, 0.5) is 0 Å². The van der Waals surface area contributed by atoms with Gasteiger partial charge >= 0.3 is 0 Å². The summed E-state index contributed by atoms with van der Waals surface area (Å²) in [6.45, 7) is 9.13. The van der Waals surface area contributed by atoms with Crippen molar-refractivity contribution in [2.75, 3.05) is 0 Å². The maximum Gasteiger partial charge on any atom is -0.0280 e. The highest BCUT2D eigenvalue weighted by Gasteiger charge is 2.13. The van der Waals surface area contributed by atoms with E-state index in [4.69, 9.17) is 0 Å². The molecule has 1 aliphatic carbocycles. The van der Waals surface area contributed by atoms with E-state index in [9.17, 15) is 0 Å². The molecule has 12 heavy (non-hydrogen) atoms. The summed E-state index contributed by atoms with van der Waals surface area (Å²) in [4.78, 5) is 0. The van der Waals surface area contributed by atoms with Gasteiger partial charge in [-0.15, -0.1) is 0 Å². The summed E-state index contributed by atoms with van der Waals surface area (Å²) in [5.41, 5.74) is 6.53. The predicted octanol–water partition coefficient (Wildman–Crippen LogP) is 4.23. The van der Waals surface area contributed by atoms with Gasteiger partial charge in [-0.25, -0.2) is 0 Å². The zero-order valence-electron chi connectivity index (χ0n) is 8.83. The molecule has 0 aromatic rings. The van der Waals surface area contributed by atoms with Crippen molar-refractivity contribution in [3.8, 4) is 0 Å². The molecule has 0 aromatic heterocycles. The largest absolute Gasteiger partial charge is 0.0695 e. The number of allylic oxidation sites excluding steroid dienone is 4. The quantitative estimate of drug-likeness (QED) is 0.573. The topological polar surface area (TPSA) is 0 Å². The monoisotopic (exact) mass is 164 g/mol. The van der Waals surface area contributed by atoms with Gasteiger partial charge in [0.15, 0.2) is 0 Å². The molecule has 68 valence electrons. The lowest BCUT2D eigenvalue weighted by Gasteiger charge is -2.22. The minimum absolute atomic E-state index is 1.21. The summed E-state index contributed by atoms with van der Waals surface area (Å²) in [5.74, 6) is 0. The zero-order chi connectivity index (χ0) is 9.14. The smallest absolute Gasteiger partial charge is 0.0280 e. The molecular weight excluding hydrogens is 144 g/mol.